The number of aromatic nitrogens is 2. The maximum absolute atomic E-state index is 5.56. The fraction of sp³-hybridized carbons (Fsp3) is 0.333. The lowest BCUT2D eigenvalue weighted by atomic mass is 10.3. The lowest BCUT2D eigenvalue weighted by molar-refractivity contribution is 0.378. The van der Waals surface area contributed by atoms with Crippen LogP contribution in [0.1, 0.15) is 16.6 Å². The molecule has 0 aliphatic rings. The predicted molar refractivity (Wildman–Crippen MR) is 55.8 cm³/mol. The fourth-order valence-electron chi connectivity index (χ4n) is 1.11. The first-order valence-electron chi connectivity index (χ1n) is 4.28. The summed E-state index contributed by atoms with van der Waals surface area (Å²) in [5.74, 6) is 1.86. The second-order valence-corrected chi connectivity index (χ2v) is 4.21. The third kappa shape index (κ3) is 2.33. The highest BCUT2D eigenvalue weighted by Crippen LogP contribution is 2.12. The summed E-state index contributed by atoms with van der Waals surface area (Å²) >= 11 is 7.25. The number of halogens is 1. The predicted octanol–water partition coefficient (Wildman–Crippen LogP) is 2.50. The van der Waals surface area contributed by atoms with E-state index in [9.17, 15) is 0 Å². The van der Waals surface area contributed by atoms with Crippen molar-refractivity contribution in [3.63, 3.8) is 0 Å². The molecule has 0 bridgehead atoms. The van der Waals surface area contributed by atoms with Gasteiger partial charge in [0.1, 0.15) is 0 Å². The summed E-state index contributed by atoms with van der Waals surface area (Å²) in [5.41, 5.74) is 0. The Kier molecular flexibility index (Phi) is 3.16. The van der Waals surface area contributed by atoms with Gasteiger partial charge < -0.3 is 4.52 Å². The molecule has 0 saturated carbocycles. The molecule has 0 radical (unpaired) electrons. The molecule has 74 valence electrons. The summed E-state index contributed by atoms with van der Waals surface area (Å²) in [4.78, 5) is 5.46. The van der Waals surface area contributed by atoms with Crippen molar-refractivity contribution in [2.75, 3.05) is 5.88 Å². The van der Waals surface area contributed by atoms with E-state index in [4.69, 9.17) is 16.1 Å². The molecule has 0 amide bonds. The first-order chi connectivity index (χ1) is 6.88. The zero-order valence-corrected chi connectivity index (χ0v) is 9.01. The number of nitrogens with zero attached hydrogens (tertiary/aromatic N) is 2. The number of rotatable bonds is 4. The molecule has 0 fully saturated rings. The van der Waals surface area contributed by atoms with E-state index >= 15 is 0 Å². The third-order valence-electron chi connectivity index (χ3n) is 1.73. The normalized spacial score (nSPS) is 10.6. The van der Waals surface area contributed by atoms with E-state index in [1.807, 2.05) is 11.4 Å². The van der Waals surface area contributed by atoms with Gasteiger partial charge in [0.05, 0.1) is 0 Å². The van der Waals surface area contributed by atoms with Gasteiger partial charge in [-0.15, -0.1) is 22.9 Å². The first kappa shape index (κ1) is 9.68. The highest BCUT2D eigenvalue weighted by atomic mass is 35.5. The van der Waals surface area contributed by atoms with E-state index in [-0.39, 0.29) is 0 Å². The van der Waals surface area contributed by atoms with E-state index in [0.717, 1.165) is 12.2 Å². The molecule has 2 aromatic rings. The summed E-state index contributed by atoms with van der Waals surface area (Å²) in [7, 11) is 0. The highest BCUT2D eigenvalue weighted by Gasteiger charge is 2.06. The maximum atomic E-state index is 5.56. The minimum atomic E-state index is 0.515. The average molecular weight is 229 g/mol. The van der Waals surface area contributed by atoms with E-state index in [0.29, 0.717) is 18.2 Å². The van der Waals surface area contributed by atoms with Gasteiger partial charge in [-0.3, -0.25) is 0 Å². The van der Waals surface area contributed by atoms with Crippen molar-refractivity contribution >= 4 is 22.9 Å². The molecule has 3 nitrogen and oxygen atoms in total. The van der Waals surface area contributed by atoms with Crippen molar-refractivity contribution in [2.24, 2.45) is 0 Å². The lowest BCUT2D eigenvalue weighted by Gasteiger charge is -1.87. The molecule has 0 aliphatic heterocycles. The second-order valence-electron chi connectivity index (χ2n) is 2.80. The summed E-state index contributed by atoms with van der Waals surface area (Å²) in [6.45, 7) is 0. The first-order valence-corrected chi connectivity index (χ1v) is 5.69. The van der Waals surface area contributed by atoms with Crippen LogP contribution in [0.25, 0.3) is 0 Å². The van der Waals surface area contributed by atoms with E-state index < -0.39 is 0 Å². The molecule has 14 heavy (non-hydrogen) atoms. The fourth-order valence-corrected chi connectivity index (χ4v) is 1.98. The Morgan fingerprint density at radius 1 is 1.50 bits per heavy atom. The van der Waals surface area contributed by atoms with Crippen LogP contribution in [0.3, 0.4) is 0 Å². The highest BCUT2D eigenvalue weighted by molar-refractivity contribution is 7.09. The van der Waals surface area contributed by atoms with Crippen LogP contribution in [0.4, 0.5) is 0 Å². The average Bonchev–Trinajstić information content (AvgIpc) is 2.79. The molecule has 2 aromatic heterocycles. The van der Waals surface area contributed by atoms with E-state index in [2.05, 4.69) is 16.2 Å². The molecule has 0 aromatic carbocycles. The largest absolute Gasteiger partial charge is 0.339 e. The van der Waals surface area contributed by atoms with Crippen LogP contribution in [-0.2, 0) is 12.8 Å². The van der Waals surface area contributed by atoms with Crippen LogP contribution >= 0.6 is 22.9 Å². The number of thiophene rings is 1. The Bertz CT molecular complexity index is 385. The van der Waals surface area contributed by atoms with Crippen molar-refractivity contribution < 1.29 is 4.52 Å². The topological polar surface area (TPSA) is 38.9 Å². The summed E-state index contributed by atoms with van der Waals surface area (Å²) in [5, 5.41) is 5.91. The van der Waals surface area contributed by atoms with Gasteiger partial charge in [0.2, 0.25) is 5.89 Å². The number of hydrogen-bond donors (Lipinski definition) is 0. The summed E-state index contributed by atoms with van der Waals surface area (Å²) in [6, 6.07) is 4.07. The molecule has 0 aliphatic carbocycles. The molecule has 0 N–H and O–H groups in total. The minimum Gasteiger partial charge on any atom is -0.339 e. The van der Waals surface area contributed by atoms with E-state index in [1.165, 1.54) is 4.88 Å². The molecule has 2 rings (SSSR count). The Hall–Kier alpha value is -0.870. The monoisotopic (exact) mass is 228 g/mol. The Morgan fingerprint density at radius 3 is 3.14 bits per heavy atom. The zero-order valence-electron chi connectivity index (χ0n) is 7.44. The van der Waals surface area contributed by atoms with Crippen LogP contribution in [0.5, 0.6) is 0 Å². The van der Waals surface area contributed by atoms with Gasteiger partial charge in [0.25, 0.3) is 0 Å². The standard InChI is InChI=1S/C9H9ClN2OS/c10-4-3-9-11-8(12-13-9)6-7-2-1-5-14-7/h1-2,5H,3-4,6H2. The minimum absolute atomic E-state index is 0.515. The summed E-state index contributed by atoms with van der Waals surface area (Å²) in [6.07, 6.45) is 1.38. The third-order valence-corrected chi connectivity index (χ3v) is 2.80. The van der Waals surface area contributed by atoms with Crippen LogP contribution < -0.4 is 0 Å². The van der Waals surface area contributed by atoms with Gasteiger partial charge >= 0.3 is 0 Å². The van der Waals surface area contributed by atoms with E-state index in [1.54, 1.807) is 11.3 Å². The molecule has 2 heterocycles. The number of aryl methyl sites for hydroxylation is 1. The lowest BCUT2D eigenvalue weighted by Crippen LogP contribution is -1.89. The molecule has 0 spiro atoms. The molecular weight excluding hydrogens is 220 g/mol. The molecule has 0 atom stereocenters. The van der Waals surface area contributed by atoms with Crippen molar-refractivity contribution in [2.45, 2.75) is 12.8 Å². The van der Waals surface area contributed by atoms with Gasteiger partial charge in [0, 0.05) is 23.6 Å². The summed E-state index contributed by atoms with van der Waals surface area (Å²) < 4.78 is 5.01. The molecular formula is C9H9ClN2OS. The number of hydrogen-bond acceptors (Lipinski definition) is 4. The van der Waals surface area contributed by atoms with Gasteiger partial charge in [-0.2, -0.15) is 4.98 Å². The molecule has 5 heteroatoms. The van der Waals surface area contributed by atoms with Crippen LogP contribution in [0.2, 0.25) is 0 Å². The van der Waals surface area contributed by atoms with Crippen LogP contribution in [0, 0.1) is 0 Å². The van der Waals surface area contributed by atoms with Gasteiger partial charge in [0.15, 0.2) is 5.82 Å². The van der Waals surface area contributed by atoms with Crippen molar-refractivity contribution in [3.05, 3.63) is 34.1 Å². The Morgan fingerprint density at radius 2 is 2.43 bits per heavy atom. The second kappa shape index (κ2) is 4.57. The smallest absolute Gasteiger partial charge is 0.227 e. The van der Waals surface area contributed by atoms with Crippen molar-refractivity contribution in [3.8, 4) is 0 Å². The number of alkyl halides is 1. The quantitative estimate of drug-likeness (QED) is 0.755. The van der Waals surface area contributed by atoms with Gasteiger partial charge in [-0.05, 0) is 11.4 Å². The SMILES string of the molecule is ClCCc1nc(Cc2cccs2)no1. The van der Waals surface area contributed by atoms with Crippen LogP contribution in [-0.4, -0.2) is 16.0 Å². The van der Waals surface area contributed by atoms with Crippen molar-refractivity contribution in [1.29, 1.82) is 0 Å². The van der Waals surface area contributed by atoms with Gasteiger partial charge in [-0.25, -0.2) is 0 Å². The molecule has 0 saturated heterocycles. The molecule has 0 unspecified atom stereocenters. The van der Waals surface area contributed by atoms with Gasteiger partial charge in [-0.1, -0.05) is 11.2 Å². The van der Waals surface area contributed by atoms with Crippen LogP contribution in [0.15, 0.2) is 22.0 Å². The Labute approximate surface area is 90.7 Å². The maximum Gasteiger partial charge on any atom is 0.227 e. The Balaban J connectivity index is 2.03. The zero-order chi connectivity index (χ0) is 9.80. The van der Waals surface area contributed by atoms with Crippen molar-refractivity contribution in [1.82, 2.24) is 10.1 Å².